The van der Waals surface area contributed by atoms with E-state index in [0.717, 1.165) is 30.9 Å². The van der Waals surface area contributed by atoms with E-state index in [-0.39, 0.29) is 5.82 Å². The Hall–Kier alpha value is -1.68. The van der Waals surface area contributed by atoms with Gasteiger partial charge < -0.3 is 4.90 Å². The molecule has 18 heavy (non-hydrogen) atoms. The highest BCUT2D eigenvalue weighted by Gasteiger charge is 2.04. The van der Waals surface area contributed by atoms with Gasteiger partial charge in [0.2, 0.25) is 0 Å². The summed E-state index contributed by atoms with van der Waals surface area (Å²) in [5.74, 6) is -0.228. The molecule has 0 fully saturated rings. The summed E-state index contributed by atoms with van der Waals surface area (Å²) in [5, 5.41) is 4.48. The molecule has 0 spiro atoms. The van der Waals surface area contributed by atoms with Crippen molar-refractivity contribution >= 4 is 0 Å². The largest absolute Gasteiger partial charge is 0.300 e. The first-order valence-corrected chi connectivity index (χ1v) is 6.18. The van der Waals surface area contributed by atoms with Crippen molar-refractivity contribution in [2.45, 2.75) is 19.9 Å². The second kappa shape index (κ2) is 5.78. The molecule has 0 aliphatic carbocycles. The fraction of sp³-hybridized carbons (Fsp3) is 0.357. The minimum absolute atomic E-state index is 0.228. The molecule has 0 unspecified atom stereocenters. The molecule has 2 aromatic rings. The molecule has 4 heteroatoms. The summed E-state index contributed by atoms with van der Waals surface area (Å²) in [4.78, 5) is 2.23. The Labute approximate surface area is 107 Å². The highest BCUT2D eigenvalue weighted by Crippen LogP contribution is 2.09. The predicted molar refractivity (Wildman–Crippen MR) is 70.1 cm³/mol. The number of aromatic nitrogens is 2. The van der Waals surface area contributed by atoms with Crippen LogP contribution in [-0.2, 0) is 6.54 Å². The van der Waals surface area contributed by atoms with Crippen LogP contribution in [0.25, 0.3) is 5.69 Å². The van der Waals surface area contributed by atoms with Gasteiger partial charge >= 0.3 is 0 Å². The van der Waals surface area contributed by atoms with Gasteiger partial charge in [-0.15, -0.1) is 0 Å². The number of rotatable bonds is 5. The number of benzene rings is 1. The van der Waals surface area contributed by atoms with Gasteiger partial charge in [0.15, 0.2) is 0 Å². The van der Waals surface area contributed by atoms with E-state index in [0.29, 0.717) is 0 Å². The maximum atomic E-state index is 12.8. The quantitative estimate of drug-likeness (QED) is 0.810. The van der Waals surface area contributed by atoms with E-state index in [1.165, 1.54) is 12.1 Å². The molecule has 3 nitrogen and oxygen atoms in total. The summed E-state index contributed by atoms with van der Waals surface area (Å²) < 4.78 is 14.6. The van der Waals surface area contributed by atoms with Crippen LogP contribution in [0.2, 0.25) is 0 Å². The van der Waals surface area contributed by atoms with Crippen LogP contribution in [0, 0.1) is 5.82 Å². The zero-order chi connectivity index (χ0) is 13.0. The fourth-order valence-corrected chi connectivity index (χ4v) is 1.92. The molecule has 0 atom stereocenters. The van der Waals surface area contributed by atoms with Crippen LogP contribution < -0.4 is 0 Å². The molecule has 0 radical (unpaired) electrons. The highest BCUT2D eigenvalue weighted by atomic mass is 19.1. The normalized spacial score (nSPS) is 11.1. The Morgan fingerprint density at radius 3 is 2.61 bits per heavy atom. The summed E-state index contributed by atoms with van der Waals surface area (Å²) >= 11 is 0. The van der Waals surface area contributed by atoms with Crippen LogP contribution in [0.3, 0.4) is 0 Å². The van der Waals surface area contributed by atoms with Gasteiger partial charge in [-0.05, 0) is 50.3 Å². The molecule has 0 saturated carbocycles. The molecular formula is C14H18FN3. The van der Waals surface area contributed by atoms with Crippen molar-refractivity contribution in [3.05, 3.63) is 48.0 Å². The van der Waals surface area contributed by atoms with E-state index in [1.807, 2.05) is 12.3 Å². The van der Waals surface area contributed by atoms with Crippen molar-refractivity contribution in [3.63, 3.8) is 0 Å². The molecule has 0 bridgehead atoms. The summed E-state index contributed by atoms with van der Waals surface area (Å²) in [6.45, 7) is 4.05. The number of nitrogens with zero attached hydrogens (tertiary/aromatic N) is 3. The van der Waals surface area contributed by atoms with E-state index >= 15 is 0 Å². The molecule has 1 aromatic heterocycles. The number of halogens is 1. The van der Waals surface area contributed by atoms with Crippen molar-refractivity contribution in [1.82, 2.24) is 14.7 Å². The Bertz CT molecular complexity index is 490. The Kier molecular flexibility index (Phi) is 4.10. The second-order valence-electron chi connectivity index (χ2n) is 4.47. The van der Waals surface area contributed by atoms with Crippen molar-refractivity contribution in [2.75, 3.05) is 13.6 Å². The highest BCUT2D eigenvalue weighted by molar-refractivity contribution is 5.31. The smallest absolute Gasteiger partial charge is 0.123 e. The van der Waals surface area contributed by atoms with E-state index in [4.69, 9.17) is 0 Å². The summed E-state index contributed by atoms with van der Waals surface area (Å²) in [7, 11) is 2.08. The first kappa shape index (κ1) is 12.8. The summed E-state index contributed by atoms with van der Waals surface area (Å²) in [6.07, 6.45) is 3.04. The zero-order valence-electron chi connectivity index (χ0n) is 10.8. The van der Waals surface area contributed by atoms with Gasteiger partial charge in [0.25, 0.3) is 0 Å². The zero-order valence-corrected chi connectivity index (χ0v) is 10.8. The lowest BCUT2D eigenvalue weighted by Crippen LogP contribution is -2.18. The van der Waals surface area contributed by atoms with Crippen molar-refractivity contribution < 1.29 is 4.39 Å². The molecular weight excluding hydrogens is 229 g/mol. The van der Waals surface area contributed by atoms with Gasteiger partial charge in [-0.1, -0.05) is 6.92 Å². The third-order valence-corrected chi connectivity index (χ3v) is 2.77. The first-order valence-electron chi connectivity index (χ1n) is 6.18. The SMILES string of the molecule is CCCN(C)Cc1ccn(-c2ccc(F)cc2)n1. The van der Waals surface area contributed by atoms with Crippen LogP contribution in [0.4, 0.5) is 4.39 Å². The monoisotopic (exact) mass is 247 g/mol. The third-order valence-electron chi connectivity index (χ3n) is 2.77. The minimum Gasteiger partial charge on any atom is -0.300 e. The molecule has 0 aliphatic heterocycles. The van der Waals surface area contributed by atoms with Gasteiger partial charge in [-0.2, -0.15) is 5.10 Å². The lowest BCUT2D eigenvalue weighted by molar-refractivity contribution is 0.323. The van der Waals surface area contributed by atoms with Crippen molar-refractivity contribution in [2.24, 2.45) is 0 Å². The maximum Gasteiger partial charge on any atom is 0.123 e. The van der Waals surface area contributed by atoms with E-state index in [2.05, 4.69) is 24.0 Å². The molecule has 2 rings (SSSR count). The summed E-state index contributed by atoms with van der Waals surface area (Å²) in [6, 6.07) is 8.33. The maximum absolute atomic E-state index is 12.8. The second-order valence-corrected chi connectivity index (χ2v) is 4.47. The Balaban J connectivity index is 2.08. The molecule has 0 aliphatic rings. The average Bonchev–Trinajstić information content (AvgIpc) is 2.78. The van der Waals surface area contributed by atoms with Gasteiger partial charge in [0.1, 0.15) is 5.82 Å². The number of hydrogen-bond donors (Lipinski definition) is 0. The third kappa shape index (κ3) is 3.17. The van der Waals surface area contributed by atoms with E-state index in [1.54, 1.807) is 16.8 Å². The van der Waals surface area contributed by atoms with Crippen molar-refractivity contribution in [1.29, 1.82) is 0 Å². The fourth-order valence-electron chi connectivity index (χ4n) is 1.92. The topological polar surface area (TPSA) is 21.1 Å². The number of hydrogen-bond acceptors (Lipinski definition) is 2. The van der Waals surface area contributed by atoms with Gasteiger partial charge in [0.05, 0.1) is 11.4 Å². The molecule has 0 N–H and O–H groups in total. The Morgan fingerprint density at radius 1 is 1.22 bits per heavy atom. The lowest BCUT2D eigenvalue weighted by atomic mass is 10.3. The van der Waals surface area contributed by atoms with Crippen LogP contribution in [0.15, 0.2) is 36.5 Å². The lowest BCUT2D eigenvalue weighted by Gasteiger charge is -2.13. The minimum atomic E-state index is -0.228. The summed E-state index contributed by atoms with van der Waals surface area (Å²) in [5.41, 5.74) is 1.90. The van der Waals surface area contributed by atoms with Gasteiger partial charge in [-0.3, -0.25) is 0 Å². The van der Waals surface area contributed by atoms with Gasteiger partial charge in [-0.25, -0.2) is 9.07 Å². The van der Waals surface area contributed by atoms with E-state index < -0.39 is 0 Å². The van der Waals surface area contributed by atoms with Crippen LogP contribution >= 0.6 is 0 Å². The Morgan fingerprint density at radius 2 is 1.94 bits per heavy atom. The van der Waals surface area contributed by atoms with E-state index in [9.17, 15) is 4.39 Å². The van der Waals surface area contributed by atoms with Crippen LogP contribution in [0.1, 0.15) is 19.0 Å². The standard InChI is InChI=1S/C14H18FN3/c1-3-9-17(2)11-13-8-10-18(16-13)14-6-4-12(15)5-7-14/h4-8,10H,3,9,11H2,1-2H3. The van der Waals surface area contributed by atoms with Crippen LogP contribution in [-0.4, -0.2) is 28.3 Å². The molecule has 0 amide bonds. The molecule has 1 aromatic carbocycles. The molecule has 96 valence electrons. The van der Waals surface area contributed by atoms with Crippen LogP contribution in [0.5, 0.6) is 0 Å². The first-order chi connectivity index (χ1) is 8.69. The molecule has 0 saturated heterocycles. The predicted octanol–water partition coefficient (Wildman–Crippen LogP) is 2.85. The molecule has 1 heterocycles. The van der Waals surface area contributed by atoms with Gasteiger partial charge in [0, 0.05) is 12.7 Å². The average molecular weight is 247 g/mol. The van der Waals surface area contributed by atoms with Crippen molar-refractivity contribution in [3.8, 4) is 5.69 Å².